The van der Waals surface area contributed by atoms with Crippen LogP contribution < -0.4 is 0 Å². The second-order valence-electron chi connectivity index (χ2n) is 5.30. The van der Waals surface area contributed by atoms with Gasteiger partial charge in [0.1, 0.15) is 0 Å². The third-order valence-electron chi connectivity index (χ3n) is 3.99. The molecule has 0 aliphatic rings. The normalized spacial score (nSPS) is 12.1. The maximum atomic E-state index is 3.62. The average molecular weight is 448 g/mol. The Kier molecular flexibility index (Phi) is 2.93. The molecule has 0 nitrogen and oxygen atoms in total. The smallest absolute Gasteiger partial charge is 0.0362 e. The molecule has 0 saturated heterocycles. The zero-order valence-electron chi connectivity index (χ0n) is 11.2. The summed E-state index contributed by atoms with van der Waals surface area (Å²) in [5.74, 6) is 0. The van der Waals surface area contributed by atoms with Gasteiger partial charge in [0.05, 0.1) is 0 Å². The highest BCUT2D eigenvalue weighted by molar-refractivity contribution is 9.10. The van der Waals surface area contributed by atoms with Crippen LogP contribution in [0, 0.1) is 0 Å². The van der Waals surface area contributed by atoms with Crippen LogP contribution in [-0.2, 0) is 0 Å². The van der Waals surface area contributed by atoms with Gasteiger partial charge in [0.2, 0.25) is 0 Å². The molecule has 5 rings (SSSR count). The first kappa shape index (κ1) is 13.5. The largest absolute Gasteiger partial charge is 0.135 e. The summed E-state index contributed by atoms with van der Waals surface area (Å²) in [7, 11) is 0. The van der Waals surface area contributed by atoms with E-state index in [2.05, 4.69) is 80.4 Å². The van der Waals surface area contributed by atoms with E-state index >= 15 is 0 Å². The van der Waals surface area contributed by atoms with Crippen LogP contribution in [0.2, 0.25) is 0 Å². The fourth-order valence-corrected chi connectivity index (χ4v) is 5.99. The average Bonchev–Trinajstić information content (AvgIpc) is 3.04. The van der Waals surface area contributed by atoms with Crippen molar-refractivity contribution in [3.63, 3.8) is 0 Å². The van der Waals surface area contributed by atoms with E-state index in [9.17, 15) is 0 Å². The van der Waals surface area contributed by atoms with Gasteiger partial charge in [-0.05, 0) is 48.5 Å². The summed E-state index contributed by atoms with van der Waals surface area (Å²) in [5, 5.41) is 5.48. The van der Waals surface area contributed by atoms with Crippen molar-refractivity contribution in [2.75, 3.05) is 0 Å². The summed E-state index contributed by atoms with van der Waals surface area (Å²) in [6.07, 6.45) is 0. The molecule has 3 aromatic carbocycles. The molecule has 5 aromatic rings. The molecule has 0 N–H and O–H groups in total. The van der Waals surface area contributed by atoms with Gasteiger partial charge in [0.15, 0.2) is 0 Å². The van der Waals surface area contributed by atoms with Crippen LogP contribution in [0.25, 0.3) is 40.3 Å². The molecule has 106 valence electrons. The molecule has 0 fully saturated rings. The summed E-state index contributed by atoms with van der Waals surface area (Å²) < 4.78 is 7.69. The molecular weight excluding hydrogens is 440 g/mol. The van der Waals surface area contributed by atoms with Gasteiger partial charge in [0.25, 0.3) is 0 Å². The predicted molar refractivity (Wildman–Crippen MR) is 108 cm³/mol. The van der Waals surface area contributed by atoms with E-state index in [1.165, 1.54) is 40.3 Å². The first-order valence-corrected chi connectivity index (χ1v) is 10.1. The van der Waals surface area contributed by atoms with Crippen LogP contribution in [0.4, 0.5) is 0 Å². The number of thiophene rings is 2. The number of hydrogen-bond donors (Lipinski definition) is 0. The van der Waals surface area contributed by atoms with Gasteiger partial charge < -0.3 is 0 Å². The fourth-order valence-electron chi connectivity index (χ4n) is 3.08. The topological polar surface area (TPSA) is 0 Å². The summed E-state index contributed by atoms with van der Waals surface area (Å²) in [4.78, 5) is 0. The number of benzene rings is 3. The van der Waals surface area contributed by atoms with Gasteiger partial charge in [-0.25, -0.2) is 0 Å². The molecule has 2 heterocycles. The predicted octanol–water partition coefficient (Wildman–Crippen LogP) is 7.95. The van der Waals surface area contributed by atoms with Crippen molar-refractivity contribution >= 4 is 94.9 Å². The van der Waals surface area contributed by atoms with E-state index in [4.69, 9.17) is 0 Å². The summed E-state index contributed by atoms with van der Waals surface area (Å²) in [5.41, 5.74) is 0. The maximum Gasteiger partial charge on any atom is 0.0362 e. The van der Waals surface area contributed by atoms with Crippen molar-refractivity contribution in [2.45, 2.75) is 0 Å². The Labute approximate surface area is 151 Å². The molecule has 4 heteroatoms. The van der Waals surface area contributed by atoms with Crippen LogP contribution >= 0.6 is 54.5 Å². The van der Waals surface area contributed by atoms with E-state index in [1.807, 2.05) is 22.7 Å². The van der Waals surface area contributed by atoms with Crippen molar-refractivity contribution in [1.29, 1.82) is 0 Å². The lowest BCUT2D eigenvalue weighted by atomic mass is 10.1. The lowest BCUT2D eigenvalue weighted by molar-refractivity contribution is 1.77. The van der Waals surface area contributed by atoms with E-state index in [0.717, 1.165) is 8.95 Å². The first-order chi connectivity index (χ1) is 10.7. The Balaban J connectivity index is 2.14. The Morgan fingerprint density at radius 2 is 0.955 bits per heavy atom. The quantitative estimate of drug-likeness (QED) is 0.226. The molecule has 0 spiro atoms. The van der Waals surface area contributed by atoms with Crippen LogP contribution in [-0.4, -0.2) is 0 Å². The van der Waals surface area contributed by atoms with Crippen LogP contribution in [0.3, 0.4) is 0 Å². The minimum Gasteiger partial charge on any atom is -0.135 e. The molecule has 22 heavy (non-hydrogen) atoms. The molecular formula is C18H8Br2S2. The highest BCUT2D eigenvalue weighted by Gasteiger charge is 2.14. The van der Waals surface area contributed by atoms with E-state index in [-0.39, 0.29) is 0 Å². The highest BCUT2D eigenvalue weighted by Crippen LogP contribution is 2.45. The monoisotopic (exact) mass is 446 g/mol. The van der Waals surface area contributed by atoms with Crippen LogP contribution in [0.1, 0.15) is 0 Å². The maximum absolute atomic E-state index is 3.62. The van der Waals surface area contributed by atoms with E-state index < -0.39 is 0 Å². The van der Waals surface area contributed by atoms with E-state index in [0.29, 0.717) is 0 Å². The third kappa shape index (κ3) is 1.84. The van der Waals surface area contributed by atoms with Crippen molar-refractivity contribution in [2.24, 2.45) is 0 Å². The molecule has 0 bridgehead atoms. The molecule has 0 radical (unpaired) electrons. The summed E-state index contributed by atoms with van der Waals surface area (Å²) >= 11 is 11.0. The number of halogens is 2. The first-order valence-electron chi connectivity index (χ1n) is 6.83. The standard InChI is InChI=1S/C18H8Br2S2/c19-9-1-3-13-11(7-9)17-15(21-13)5-6-16-18(17)12-8-10(20)2-4-14(12)22-16/h1-8H. The molecule has 0 amide bonds. The molecule has 0 unspecified atom stereocenters. The minimum atomic E-state index is 1.14. The number of fused-ring (bicyclic) bond motifs is 7. The van der Waals surface area contributed by atoms with E-state index in [1.54, 1.807) is 0 Å². The van der Waals surface area contributed by atoms with Gasteiger partial charge >= 0.3 is 0 Å². The lowest BCUT2D eigenvalue weighted by Gasteiger charge is -1.98. The van der Waals surface area contributed by atoms with Crippen LogP contribution in [0.5, 0.6) is 0 Å². The summed E-state index contributed by atoms with van der Waals surface area (Å²) in [6.45, 7) is 0. The third-order valence-corrected chi connectivity index (χ3v) is 7.25. The van der Waals surface area contributed by atoms with Crippen molar-refractivity contribution in [1.82, 2.24) is 0 Å². The lowest BCUT2D eigenvalue weighted by Crippen LogP contribution is -1.71. The minimum absolute atomic E-state index is 1.14. The van der Waals surface area contributed by atoms with Gasteiger partial charge in [0, 0.05) is 49.3 Å². The SMILES string of the molecule is Brc1ccc2sc3ccc4sc5ccc(Br)cc5c4c3c2c1. The van der Waals surface area contributed by atoms with Crippen molar-refractivity contribution < 1.29 is 0 Å². The Morgan fingerprint density at radius 1 is 0.545 bits per heavy atom. The Morgan fingerprint density at radius 3 is 1.41 bits per heavy atom. The number of rotatable bonds is 0. The van der Waals surface area contributed by atoms with Gasteiger partial charge in [-0.3, -0.25) is 0 Å². The summed E-state index contributed by atoms with van der Waals surface area (Å²) in [6, 6.07) is 17.7. The van der Waals surface area contributed by atoms with Gasteiger partial charge in [-0.2, -0.15) is 0 Å². The molecule has 0 atom stereocenters. The number of hydrogen-bond acceptors (Lipinski definition) is 2. The Bertz CT molecular complexity index is 1100. The molecule has 2 aromatic heterocycles. The van der Waals surface area contributed by atoms with Crippen molar-refractivity contribution in [3.05, 3.63) is 57.5 Å². The molecule has 0 aliphatic heterocycles. The highest BCUT2D eigenvalue weighted by atomic mass is 79.9. The second kappa shape index (κ2) is 4.78. The fraction of sp³-hybridized carbons (Fsp3) is 0. The zero-order valence-corrected chi connectivity index (χ0v) is 16.0. The molecule has 0 saturated carbocycles. The van der Waals surface area contributed by atoms with Crippen LogP contribution in [0.15, 0.2) is 57.5 Å². The molecule has 0 aliphatic carbocycles. The van der Waals surface area contributed by atoms with Gasteiger partial charge in [-0.1, -0.05) is 31.9 Å². The van der Waals surface area contributed by atoms with Gasteiger partial charge in [-0.15, -0.1) is 22.7 Å². The Hall–Kier alpha value is -0.940. The second-order valence-corrected chi connectivity index (χ2v) is 9.30. The van der Waals surface area contributed by atoms with Crippen molar-refractivity contribution in [3.8, 4) is 0 Å². The zero-order chi connectivity index (χ0) is 14.8.